The Morgan fingerprint density at radius 2 is 2.00 bits per heavy atom. The van der Waals surface area contributed by atoms with Crippen LogP contribution in [0.5, 0.6) is 0 Å². The zero-order chi connectivity index (χ0) is 13.2. The molecule has 0 aromatic heterocycles. The Bertz CT molecular complexity index is 266. The molecule has 0 aromatic carbocycles. The second kappa shape index (κ2) is 5.92. The van der Waals surface area contributed by atoms with Crippen molar-refractivity contribution in [2.24, 2.45) is 23.2 Å². The van der Waals surface area contributed by atoms with Crippen molar-refractivity contribution in [2.75, 3.05) is 6.61 Å². The van der Waals surface area contributed by atoms with Crippen LogP contribution in [0, 0.1) is 23.2 Å². The zero-order valence-electron chi connectivity index (χ0n) is 12.1. The van der Waals surface area contributed by atoms with Crippen molar-refractivity contribution in [2.45, 2.75) is 71.3 Å². The fourth-order valence-corrected chi connectivity index (χ4v) is 4.90. The van der Waals surface area contributed by atoms with Crippen molar-refractivity contribution in [3.63, 3.8) is 0 Å². The molecule has 0 amide bonds. The lowest BCUT2D eigenvalue weighted by atomic mass is 9.61. The summed E-state index contributed by atoms with van der Waals surface area (Å²) < 4.78 is 0. The minimum atomic E-state index is -0.0432. The molecule has 0 bridgehead atoms. The Hall–Kier alpha value is -0.0800. The van der Waals surface area contributed by atoms with Gasteiger partial charge in [0.25, 0.3) is 0 Å². The van der Waals surface area contributed by atoms with E-state index in [4.69, 9.17) is 5.11 Å². The molecule has 0 saturated heterocycles. The molecule has 0 spiro atoms. The van der Waals surface area contributed by atoms with Crippen LogP contribution in [0.15, 0.2) is 0 Å². The van der Waals surface area contributed by atoms with Gasteiger partial charge in [0.2, 0.25) is 0 Å². The third-order valence-electron chi connectivity index (χ3n) is 5.92. The Kier molecular flexibility index (Phi) is 4.71. The number of rotatable bonds is 5. The molecule has 2 nitrogen and oxygen atoms in total. The van der Waals surface area contributed by atoms with Gasteiger partial charge in [0.15, 0.2) is 0 Å². The quantitative estimate of drug-likeness (QED) is 0.739. The Labute approximate surface area is 112 Å². The Morgan fingerprint density at radius 1 is 1.22 bits per heavy atom. The maximum atomic E-state index is 10.2. The van der Waals surface area contributed by atoms with Crippen molar-refractivity contribution >= 4 is 0 Å². The monoisotopic (exact) mass is 254 g/mol. The van der Waals surface area contributed by atoms with Gasteiger partial charge in [-0.3, -0.25) is 0 Å². The lowest BCUT2D eigenvalue weighted by Gasteiger charge is -2.45. The van der Waals surface area contributed by atoms with Gasteiger partial charge in [-0.2, -0.15) is 0 Å². The summed E-state index contributed by atoms with van der Waals surface area (Å²) in [6.45, 7) is 5.15. The lowest BCUT2D eigenvalue weighted by Crippen LogP contribution is -2.41. The SMILES string of the molecule is C[C@H](CCCCO)[C@H]1CC[C@H]2[C@@H](O)CCC[C@]12C. The van der Waals surface area contributed by atoms with Crippen molar-refractivity contribution in [1.82, 2.24) is 0 Å². The zero-order valence-corrected chi connectivity index (χ0v) is 12.1. The van der Waals surface area contributed by atoms with E-state index in [9.17, 15) is 5.11 Å². The molecular formula is C16H30O2. The first-order chi connectivity index (χ1) is 8.59. The molecule has 2 N–H and O–H groups in total. The standard InChI is InChI=1S/C16H30O2/c1-12(6-3-4-11-17)13-8-9-14-15(18)7-5-10-16(13,14)2/h12-15,17-18H,3-11H2,1-2H3/t12-,13-,14+,15+,16-/m1/s1. The summed E-state index contributed by atoms with van der Waals surface area (Å²) in [6.07, 6.45) is 9.36. The number of fused-ring (bicyclic) bond motifs is 1. The van der Waals surface area contributed by atoms with Crippen LogP contribution < -0.4 is 0 Å². The van der Waals surface area contributed by atoms with E-state index in [1.165, 1.54) is 32.1 Å². The third-order valence-corrected chi connectivity index (χ3v) is 5.92. The molecule has 0 aliphatic heterocycles. The smallest absolute Gasteiger partial charge is 0.0573 e. The molecule has 0 unspecified atom stereocenters. The minimum Gasteiger partial charge on any atom is -0.396 e. The van der Waals surface area contributed by atoms with Crippen LogP contribution in [0.25, 0.3) is 0 Å². The van der Waals surface area contributed by atoms with Crippen LogP contribution in [0.3, 0.4) is 0 Å². The average Bonchev–Trinajstić information content (AvgIpc) is 2.68. The van der Waals surface area contributed by atoms with Crippen LogP contribution in [0.1, 0.15) is 65.2 Å². The summed E-state index contributed by atoms with van der Waals surface area (Å²) >= 11 is 0. The van der Waals surface area contributed by atoms with Crippen molar-refractivity contribution in [1.29, 1.82) is 0 Å². The van der Waals surface area contributed by atoms with E-state index in [2.05, 4.69) is 13.8 Å². The second-order valence-corrected chi connectivity index (χ2v) is 6.95. The highest BCUT2D eigenvalue weighted by Crippen LogP contribution is 2.58. The summed E-state index contributed by atoms with van der Waals surface area (Å²) in [6, 6.07) is 0. The summed E-state index contributed by atoms with van der Waals surface area (Å²) in [5, 5.41) is 19.1. The highest BCUT2D eigenvalue weighted by molar-refractivity contribution is 5.01. The molecule has 2 aliphatic rings. The first-order valence-corrected chi connectivity index (χ1v) is 7.88. The minimum absolute atomic E-state index is 0.0432. The van der Waals surface area contributed by atoms with E-state index in [0.29, 0.717) is 17.9 Å². The van der Waals surface area contributed by atoms with E-state index in [1.807, 2.05) is 0 Å². The Morgan fingerprint density at radius 3 is 2.72 bits per heavy atom. The van der Waals surface area contributed by atoms with Gasteiger partial charge in [0.1, 0.15) is 0 Å². The summed E-state index contributed by atoms with van der Waals surface area (Å²) in [5.41, 5.74) is 0.385. The van der Waals surface area contributed by atoms with Crippen molar-refractivity contribution in [3.05, 3.63) is 0 Å². The first-order valence-electron chi connectivity index (χ1n) is 7.88. The number of unbranched alkanes of at least 4 members (excludes halogenated alkanes) is 1. The van der Waals surface area contributed by atoms with Crippen LogP contribution in [0.4, 0.5) is 0 Å². The normalized spacial score (nSPS) is 41.7. The van der Waals surface area contributed by atoms with Gasteiger partial charge in [-0.1, -0.05) is 33.1 Å². The second-order valence-electron chi connectivity index (χ2n) is 6.95. The molecule has 5 atom stereocenters. The molecular weight excluding hydrogens is 224 g/mol. The topological polar surface area (TPSA) is 40.5 Å². The van der Waals surface area contributed by atoms with Crippen LogP contribution >= 0.6 is 0 Å². The van der Waals surface area contributed by atoms with Crippen LogP contribution in [-0.4, -0.2) is 22.9 Å². The van der Waals surface area contributed by atoms with Gasteiger partial charge in [-0.05, 0) is 55.3 Å². The highest BCUT2D eigenvalue weighted by atomic mass is 16.3. The molecule has 0 radical (unpaired) electrons. The van der Waals surface area contributed by atoms with Gasteiger partial charge >= 0.3 is 0 Å². The summed E-state index contributed by atoms with van der Waals surface area (Å²) in [4.78, 5) is 0. The van der Waals surface area contributed by atoms with Gasteiger partial charge in [-0.15, -0.1) is 0 Å². The first kappa shape index (κ1) is 14.3. The summed E-state index contributed by atoms with van der Waals surface area (Å²) in [7, 11) is 0. The van der Waals surface area contributed by atoms with E-state index >= 15 is 0 Å². The van der Waals surface area contributed by atoms with E-state index in [1.54, 1.807) is 0 Å². The highest BCUT2D eigenvalue weighted by Gasteiger charge is 2.51. The molecule has 2 rings (SSSR count). The number of aliphatic hydroxyl groups is 2. The summed E-state index contributed by atoms with van der Waals surface area (Å²) in [5.74, 6) is 2.09. The molecule has 2 heteroatoms. The molecule has 2 fully saturated rings. The van der Waals surface area contributed by atoms with Crippen molar-refractivity contribution < 1.29 is 10.2 Å². The number of aliphatic hydroxyl groups excluding tert-OH is 2. The fraction of sp³-hybridized carbons (Fsp3) is 1.00. The van der Waals surface area contributed by atoms with E-state index < -0.39 is 0 Å². The average molecular weight is 254 g/mol. The van der Waals surface area contributed by atoms with Gasteiger partial charge < -0.3 is 10.2 Å². The molecule has 2 saturated carbocycles. The molecule has 0 aromatic rings. The molecule has 106 valence electrons. The van der Waals surface area contributed by atoms with Crippen LogP contribution in [0.2, 0.25) is 0 Å². The number of hydrogen-bond acceptors (Lipinski definition) is 2. The predicted octanol–water partition coefficient (Wildman–Crippen LogP) is 3.36. The maximum Gasteiger partial charge on any atom is 0.0573 e. The molecule has 18 heavy (non-hydrogen) atoms. The van der Waals surface area contributed by atoms with Gasteiger partial charge in [0.05, 0.1) is 6.10 Å². The predicted molar refractivity (Wildman–Crippen MR) is 74.3 cm³/mol. The lowest BCUT2D eigenvalue weighted by molar-refractivity contribution is -0.0278. The largest absolute Gasteiger partial charge is 0.396 e. The van der Waals surface area contributed by atoms with Crippen molar-refractivity contribution in [3.8, 4) is 0 Å². The molecule has 2 aliphatic carbocycles. The number of hydrogen-bond donors (Lipinski definition) is 2. The van der Waals surface area contributed by atoms with Crippen LogP contribution in [-0.2, 0) is 0 Å². The van der Waals surface area contributed by atoms with Gasteiger partial charge in [-0.25, -0.2) is 0 Å². The van der Waals surface area contributed by atoms with E-state index in [-0.39, 0.29) is 6.10 Å². The maximum absolute atomic E-state index is 10.2. The Balaban J connectivity index is 1.97. The van der Waals surface area contributed by atoms with E-state index in [0.717, 1.165) is 31.1 Å². The fourth-order valence-electron chi connectivity index (χ4n) is 4.90. The molecule has 0 heterocycles. The van der Waals surface area contributed by atoms with Gasteiger partial charge in [0, 0.05) is 6.61 Å². The third kappa shape index (κ3) is 2.60.